The van der Waals surface area contributed by atoms with E-state index in [0.29, 0.717) is 6.42 Å². The van der Waals surface area contributed by atoms with Gasteiger partial charge in [-0.1, -0.05) is 6.07 Å². The van der Waals surface area contributed by atoms with Gasteiger partial charge in [0.05, 0.1) is 0 Å². The van der Waals surface area contributed by atoms with E-state index in [0.717, 1.165) is 5.56 Å². The largest absolute Gasteiger partial charge is 0.339 e. The molecule has 94 valence electrons. The fourth-order valence-corrected chi connectivity index (χ4v) is 1.67. The highest BCUT2D eigenvalue weighted by atomic mass is 16.2. The first kappa shape index (κ1) is 12.2. The predicted octanol–water partition coefficient (Wildman–Crippen LogP) is -0.0750. The lowest BCUT2D eigenvalue weighted by molar-refractivity contribution is -0.134. The van der Waals surface area contributed by atoms with Crippen molar-refractivity contribution in [2.24, 2.45) is 0 Å². The lowest BCUT2D eigenvalue weighted by Gasteiger charge is -2.21. The van der Waals surface area contributed by atoms with Crippen LogP contribution in [0, 0.1) is 6.92 Å². The summed E-state index contributed by atoms with van der Waals surface area (Å²) in [7, 11) is 0. The van der Waals surface area contributed by atoms with E-state index in [1.807, 2.05) is 6.92 Å². The van der Waals surface area contributed by atoms with Gasteiger partial charge in [-0.25, -0.2) is 0 Å². The van der Waals surface area contributed by atoms with Crippen molar-refractivity contribution in [2.45, 2.75) is 25.8 Å². The molecule has 0 saturated carbocycles. The summed E-state index contributed by atoms with van der Waals surface area (Å²) in [6.45, 7) is 1.87. The van der Waals surface area contributed by atoms with Crippen LogP contribution in [0.2, 0.25) is 0 Å². The Balaban J connectivity index is 2.01. The molecule has 0 bridgehead atoms. The third kappa shape index (κ3) is 2.71. The molecule has 6 heteroatoms. The van der Waals surface area contributed by atoms with Crippen molar-refractivity contribution in [1.82, 2.24) is 15.6 Å². The number of aryl methyl sites for hydroxylation is 1. The van der Waals surface area contributed by atoms with Crippen molar-refractivity contribution in [3.05, 3.63) is 29.6 Å². The molecule has 2 heterocycles. The molecule has 1 fully saturated rings. The molecule has 2 rings (SSSR count). The molecule has 1 aliphatic heterocycles. The Morgan fingerprint density at radius 3 is 2.83 bits per heavy atom. The zero-order chi connectivity index (χ0) is 13.1. The molecule has 6 nitrogen and oxygen atoms in total. The molecular weight excluding hydrogens is 234 g/mol. The number of pyridine rings is 1. The number of hydrogen-bond acceptors (Lipinski definition) is 4. The highest BCUT2D eigenvalue weighted by Gasteiger charge is 2.28. The number of carbonyl (C=O) groups is 3. The molecule has 1 atom stereocenters. The highest BCUT2D eigenvalue weighted by molar-refractivity contribution is 6.03. The van der Waals surface area contributed by atoms with Gasteiger partial charge < -0.3 is 5.32 Å². The van der Waals surface area contributed by atoms with Crippen LogP contribution in [0.4, 0.5) is 0 Å². The van der Waals surface area contributed by atoms with E-state index in [1.54, 1.807) is 18.3 Å². The normalized spacial score (nSPS) is 19.3. The molecule has 0 spiro atoms. The van der Waals surface area contributed by atoms with Gasteiger partial charge in [0.2, 0.25) is 11.8 Å². The van der Waals surface area contributed by atoms with Gasteiger partial charge in [0, 0.05) is 12.6 Å². The summed E-state index contributed by atoms with van der Waals surface area (Å²) >= 11 is 0. The van der Waals surface area contributed by atoms with E-state index in [4.69, 9.17) is 0 Å². The molecule has 2 N–H and O–H groups in total. The number of carbonyl (C=O) groups excluding carboxylic acids is 3. The minimum Gasteiger partial charge on any atom is -0.339 e. The lowest BCUT2D eigenvalue weighted by Crippen LogP contribution is -2.52. The first-order valence-corrected chi connectivity index (χ1v) is 5.63. The molecule has 1 unspecified atom stereocenters. The topological polar surface area (TPSA) is 88.2 Å². The second kappa shape index (κ2) is 4.95. The summed E-state index contributed by atoms with van der Waals surface area (Å²) in [6.07, 6.45) is 2.14. The standard InChI is InChI=1S/C12H13N3O3/c1-7-2-3-8(13-6-7)11(17)14-9-4-5-10(16)15-12(9)18/h2-3,6,9H,4-5H2,1H3,(H,14,17)(H,15,16,18). The van der Waals surface area contributed by atoms with Gasteiger partial charge in [-0.15, -0.1) is 0 Å². The number of piperidine rings is 1. The number of imide groups is 1. The van der Waals surface area contributed by atoms with Crippen LogP contribution >= 0.6 is 0 Å². The Kier molecular flexibility index (Phi) is 3.36. The van der Waals surface area contributed by atoms with Crippen LogP contribution in [0.5, 0.6) is 0 Å². The average molecular weight is 247 g/mol. The zero-order valence-corrected chi connectivity index (χ0v) is 9.90. The Labute approximate surface area is 104 Å². The molecule has 1 saturated heterocycles. The minimum absolute atomic E-state index is 0.234. The van der Waals surface area contributed by atoms with Gasteiger partial charge in [0.25, 0.3) is 5.91 Å². The number of nitrogens with one attached hydrogen (secondary N) is 2. The quantitative estimate of drug-likeness (QED) is 0.716. The van der Waals surface area contributed by atoms with Crippen LogP contribution in [0.1, 0.15) is 28.9 Å². The Morgan fingerprint density at radius 2 is 2.22 bits per heavy atom. The monoisotopic (exact) mass is 247 g/mol. The fraction of sp³-hybridized carbons (Fsp3) is 0.333. The molecule has 0 radical (unpaired) electrons. The van der Waals surface area contributed by atoms with Crippen molar-refractivity contribution >= 4 is 17.7 Å². The fourth-order valence-electron chi connectivity index (χ4n) is 1.67. The van der Waals surface area contributed by atoms with Crippen LogP contribution in [0.3, 0.4) is 0 Å². The van der Waals surface area contributed by atoms with Crippen LogP contribution in [0.25, 0.3) is 0 Å². The van der Waals surface area contributed by atoms with Crippen LogP contribution in [-0.2, 0) is 9.59 Å². The van der Waals surface area contributed by atoms with E-state index in [2.05, 4.69) is 15.6 Å². The van der Waals surface area contributed by atoms with Crippen LogP contribution in [0.15, 0.2) is 18.3 Å². The van der Waals surface area contributed by atoms with Crippen molar-refractivity contribution in [3.63, 3.8) is 0 Å². The van der Waals surface area contributed by atoms with Crippen molar-refractivity contribution in [2.75, 3.05) is 0 Å². The summed E-state index contributed by atoms with van der Waals surface area (Å²) < 4.78 is 0. The van der Waals surface area contributed by atoms with Crippen LogP contribution < -0.4 is 10.6 Å². The molecular formula is C12H13N3O3. The second-order valence-electron chi connectivity index (χ2n) is 4.20. The number of amides is 3. The lowest BCUT2D eigenvalue weighted by atomic mass is 10.1. The van der Waals surface area contributed by atoms with Crippen molar-refractivity contribution < 1.29 is 14.4 Å². The Morgan fingerprint density at radius 1 is 1.44 bits per heavy atom. The molecule has 1 aliphatic rings. The molecule has 3 amide bonds. The summed E-state index contributed by atoms with van der Waals surface area (Å²) in [4.78, 5) is 38.2. The maximum Gasteiger partial charge on any atom is 0.270 e. The van der Waals surface area contributed by atoms with E-state index in [-0.39, 0.29) is 18.0 Å². The average Bonchev–Trinajstić information content (AvgIpc) is 2.33. The number of nitrogens with zero attached hydrogens (tertiary/aromatic N) is 1. The molecule has 18 heavy (non-hydrogen) atoms. The van der Waals surface area contributed by atoms with E-state index in [1.165, 1.54) is 0 Å². The summed E-state index contributed by atoms with van der Waals surface area (Å²) in [5.74, 6) is -1.19. The summed E-state index contributed by atoms with van der Waals surface area (Å²) in [5, 5.41) is 4.74. The predicted molar refractivity (Wildman–Crippen MR) is 62.6 cm³/mol. The number of aromatic nitrogens is 1. The van der Waals surface area contributed by atoms with E-state index in [9.17, 15) is 14.4 Å². The van der Waals surface area contributed by atoms with Crippen molar-refractivity contribution in [1.29, 1.82) is 0 Å². The van der Waals surface area contributed by atoms with Gasteiger partial charge in [-0.3, -0.25) is 24.7 Å². The third-order valence-electron chi connectivity index (χ3n) is 2.69. The van der Waals surface area contributed by atoms with Gasteiger partial charge in [0.1, 0.15) is 11.7 Å². The second-order valence-corrected chi connectivity index (χ2v) is 4.20. The maximum atomic E-state index is 11.8. The first-order chi connectivity index (χ1) is 8.56. The van der Waals surface area contributed by atoms with Gasteiger partial charge in [-0.05, 0) is 25.0 Å². The smallest absolute Gasteiger partial charge is 0.270 e. The molecule has 0 aromatic carbocycles. The number of rotatable bonds is 2. The molecule has 1 aromatic rings. The molecule has 0 aliphatic carbocycles. The van der Waals surface area contributed by atoms with Gasteiger partial charge in [-0.2, -0.15) is 0 Å². The van der Waals surface area contributed by atoms with E-state index < -0.39 is 17.9 Å². The minimum atomic E-state index is -0.668. The first-order valence-electron chi connectivity index (χ1n) is 5.63. The van der Waals surface area contributed by atoms with E-state index >= 15 is 0 Å². The Hall–Kier alpha value is -2.24. The van der Waals surface area contributed by atoms with Gasteiger partial charge in [0.15, 0.2) is 0 Å². The highest BCUT2D eigenvalue weighted by Crippen LogP contribution is 2.06. The Bertz CT molecular complexity index is 496. The van der Waals surface area contributed by atoms with Crippen LogP contribution in [-0.4, -0.2) is 28.7 Å². The summed E-state index contributed by atoms with van der Waals surface area (Å²) in [5.41, 5.74) is 1.21. The van der Waals surface area contributed by atoms with Gasteiger partial charge >= 0.3 is 0 Å². The SMILES string of the molecule is Cc1ccc(C(=O)NC2CCC(=O)NC2=O)nc1. The molecule has 1 aromatic heterocycles. The zero-order valence-electron chi connectivity index (χ0n) is 9.90. The van der Waals surface area contributed by atoms with Crippen molar-refractivity contribution in [3.8, 4) is 0 Å². The maximum absolute atomic E-state index is 11.8. The third-order valence-corrected chi connectivity index (χ3v) is 2.69. The number of hydrogen-bond donors (Lipinski definition) is 2. The summed E-state index contributed by atoms with van der Waals surface area (Å²) in [6, 6.07) is 2.70.